The zero-order chi connectivity index (χ0) is 15.1. The van der Waals surface area contributed by atoms with Gasteiger partial charge in [-0.1, -0.05) is 35.0 Å². The van der Waals surface area contributed by atoms with Crippen LogP contribution in [0.1, 0.15) is 31.4 Å². The molecule has 1 heterocycles. The third kappa shape index (κ3) is 5.37. The zero-order valence-electron chi connectivity index (χ0n) is 13.1. The van der Waals surface area contributed by atoms with Crippen LogP contribution in [-0.2, 0) is 4.74 Å². The van der Waals surface area contributed by atoms with Crippen molar-refractivity contribution in [1.29, 1.82) is 0 Å². The Hall–Kier alpha value is -0.420. The van der Waals surface area contributed by atoms with Crippen molar-refractivity contribution < 1.29 is 4.74 Å². The topological polar surface area (TPSA) is 24.5 Å². The molecule has 1 aliphatic rings. The molecule has 2 unspecified atom stereocenters. The molecule has 1 saturated heterocycles. The number of ether oxygens (including phenoxy) is 1. The quantitative estimate of drug-likeness (QED) is 0.773. The van der Waals surface area contributed by atoms with Gasteiger partial charge in [0.05, 0.1) is 6.61 Å². The Kier molecular flexibility index (Phi) is 7.17. The van der Waals surface area contributed by atoms with E-state index in [9.17, 15) is 0 Å². The maximum atomic E-state index is 5.28. The maximum Gasteiger partial charge on any atom is 0.0503 e. The first-order valence-electron chi connectivity index (χ1n) is 7.93. The normalized spacial score (nSPS) is 20.8. The molecule has 4 heteroatoms. The smallest absolute Gasteiger partial charge is 0.0503 e. The van der Waals surface area contributed by atoms with Crippen molar-refractivity contribution in [3.05, 3.63) is 34.3 Å². The summed E-state index contributed by atoms with van der Waals surface area (Å²) in [7, 11) is 1.80. The van der Waals surface area contributed by atoms with Crippen LogP contribution < -0.4 is 5.32 Å². The van der Waals surface area contributed by atoms with Crippen LogP contribution in [0.4, 0.5) is 0 Å². The van der Waals surface area contributed by atoms with Gasteiger partial charge in [-0.15, -0.1) is 0 Å². The summed E-state index contributed by atoms with van der Waals surface area (Å²) in [6.45, 7) is 7.64. The van der Waals surface area contributed by atoms with Gasteiger partial charge in [-0.25, -0.2) is 0 Å². The Morgan fingerprint density at radius 2 is 2.33 bits per heavy atom. The van der Waals surface area contributed by atoms with Crippen molar-refractivity contribution in [3.8, 4) is 0 Å². The van der Waals surface area contributed by atoms with E-state index in [1.807, 2.05) is 0 Å². The molecule has 0 aliphatic carbocycles. The van der Waals surface area contributed by atoms with Crippen LogP contribution in [-0.4, -0.2) is 44.8 Å². The van der Waals surface area contributed by atoms with Crippen molar-refractivity contribution >= 4 is 15.9 Å². The van der Waals surface area contributed by atoms with E-state index in [0.29, 0.717) is 6.04 Å². The SMILES string of the molecule is CCNC(CCN1CCC(COC)C1)c1cccc(Br)c1. The van der Waals surface area contributed by atoms with E-state index in [2.05, 4.69) is 57.3 Å². The van der Waals surface area contributed by atoms with E-state index in [4.69, 9.17) is 4.74 Å². The molecule has 0 amide bonds. The second kappa shape index (κ2) is 8.89. The molecule has 1 aromatic rings. The van der Waals surface area contributed by atoms with Crippen molar-refractivity contribution in [2.45, 2.75) is 25.8 Å². The van der Waals surface area contributed by atoms with Gasteiger partial charge in [-0.3, -0.25) is 0 Å². The summed E-state index contributed by atoms with van der Waals surface area (Å²) >= 11 is 3.57. The zero-order valence-corrected chi connectivity index (χ0v) is 14.7. The van der Waals surface area contributed by atoms with Crippen molar-refractivity contribution in [1.82, 2.24) is 10.2 Å². The van der Waals surface area contributed by atoms with E-state index in [1.54, 1.807) is 7.11 Å². The number of methoxy groups -OCH3 is 1. The molecule has 1 fully saturated rings. The lowest BCUT2D eigenvalue weighted by molar-refractivity contribution is 0.152. The minimum atomic E-state index is 0.439. The third-order valence-electron chi connectivity index (χ3n) is 4.21. The highest BCUT2D eigenvalue weighted by Crippen LogP contribution is 2.23. The molecular formula is C17H27BrN2O. The number of nitrogens with zero attached hydrogens (tertiary/aromatic N) is 1. The van der Waals surface area contributed by atoms with Crippen molar-refractivity contribution in [2.75, 3.05) is 39.9 Å². The molecule has 2 rings (SSSR count). The Morgan fingerprint density at radius 3 is 3.05 bits per heavy atom. The average Bonchev–Trinajstić information content (AvgIpc) is 2.91. The molecule has 2 atom stereocenters. The second-order valence-electron chi connectivity index (χ2n) is 5.86. The molecule has 1 N–H and O–H groups in total. The lowest BCUT2D eigenvalue weighted by Crippen LogP contribution is -2.28. The average molecular weight is 355 g/mol. The van der Waals surface area contributed by atoms with Crippen LogP contribution in [0, 0.1) is 5.92 Å². The predicted molar refractivity (Wildman–Crippen MR) is 91.6 cm³/mol. The Morgan fingerprint density at radius 1 is 1.48 bits per heavy atom. The summed E-state index contributed by atoms with van der Waals surface area (Å²) < 4.78 is 6.43. The highest BCUT2D eigenvalue weighted by atomic mass is 79.9. The van der Waals surface area contributed by atoms with Crippen LogP contribution in [0.3, 0.4) is 0 Å². The highest BCUT2D eigenvalue weighted by molar-refractivity contribution is 9.10. The Bertz CT molecular complexity index is 427. The maximum absolute atomic E-state index is 5.28. The fraction of sp³-hybridized carbons (Fsp3) is 0.647. The van der Waals surface area contributed by atoms with Gasteiger partial charge in [0.1, 0.15) is 0 Å². The highest BCUT2D eigenvalue weighted by Gasteiger charge is 2.23. The minimum Gasteiger partial charge on any atom is -0.384 e. The van der Waals surface area contributed by atoms with Gasteiger partial charge in [0.15, 0.2) is 0 Å². The van der Waals surface area contributed by atoms with Crippen LogP contribution in [0.15, 0.2) is 28.7 Å². The third-order valence-corrected chi connectivity index (χ3v) is 4.70. The molecular weight excluding hydrogens is 328 g/mol. The molecule has 0 aromatic heterocycles. The lowest BCUT2D eigenvalue weighted by Gasteiger charge is -2.22. The summed E-state index contributed by atoms with van der Waals surface area (Å²) in [6.07, 6.45) is 2.43. The van der Waals surface area contributed by atoms with Gasteiger partial charge in [-0.05, 0) is 56.1 Å². The number of hydrogen-bond acceptors (Lipinski definition) is 3. The molecule has 0 bridgehead atoms. The first kappa shape index (κ1) is 16.9. The standard InChI is InChI=1S/C17H27BrN2O/c1-3-19-17(15-5-4-6-16(18)11-15)8-10-20-9-7-14(12-20)13-21-2/h4-6,11,14,17,19H,3,7-10,12-13H2,1-2H3. The number of likely N-dealkylation sites (tertiary alicyclic amines) is 1. The largest absolute Gasteiger partial charge is 0.384 e. The van der Waals surface area contributed by atoms with Crippen molar-refractivity contribution in [3.63, 3.8) is 0 Å². The van der Waals surface area contributed by atoms with Crippen LogP contribution in [0.2, 0.25) is 0 Å². The lowest BCUT2D eigenvalue weighted by atomic mass is 10.0. The van der Waals surface area contributed by atoms with Gasteiger partial charge >= 0.3 is 0 Å². The first-order valence-corrected chi connectivity index (χ1v) is 8.72. The van der Waals surface area contributed by atoms with E-state index in [0.717, 1.165) is 36.5 Å². The first-order chi connectivity index (χ1) is 10.2. The van der Waals surface area contributed by atoms with Crippen LogP contribution >= 0.6 is 15.9 Å². The fourth-order valence-electron chi connectivity index (χ4n) is 3.16. The molecule has 0 radical (unpaired) electrons. The molecule has 3 nitrogen and oxygen atoms in total. The van der Waals surface area contributed by atoms with Gasteiger partial charge < -0.3 is 15.0 Å². The van der Waals surface area contributed by atoms with Gasteiger partial charge in [0.2, 0.25) is 0 Å². The number of benzene rings is 1. The molecule has 1 aliphatic heterocycles. The molecule has 1 aromatic carbocycles. The molecule has 21 heavy (non-hydrogen) atoms. The summed E-state index contributed by atoms with van der Waals surface area (Å²) in [5, 5.41) is 3.61. The Balaban J connectivity index is 1.86. The van der Waals surface area contributed by atoms with E-state index >= 15 is 0 Å². The summed E-state index contributed by atoms with van der Waals surface area (Å²) in [5.74, 6) is 0.721. The van der Waals surface area contributed by atoms with Gasteiger partial charge in [0, 0.05) is 24.2 Å². The van der Waals surface area contributed by atoms with Gasteiger partial charge in [0.25, 0.3) is 0 Å². The number of rotatable bonds is 8. The number of hydrogen-bond donors (Lipinski definition) is 1. The van der Waals surface area contributed by atoms with E-state index in [-0.39, 0.29) is 0 Å². The van der Waals surface area contributed by atoms with E-state index < -0.39 is 0 Å². The number of nitrogens with one attached hydrogen (secondary N) is 1. The molecule has 0 spiro atoms. The van der Waals surface area contributed by atoms with E-state index in [1.165, 1.54) is 25.1 Å². The second-order valence-corrected chi connectivity index (χ2v) is 6.78. The summed E-state index contributed by atoms with van der Waals surface area (Å²) in [5.41, 5.74) is 1.37. The summed E-state index contributed by atoms with van der Waals surface area (Å²) in [4.78, 5) is 2.58. The number of halogens is 1. The van der Waals surface area contributed by atoms with Crippen LogP contribution in [0.25, 0.3) is 0 Å². The predicted octanol–water partition coefficient (Wildman–Crippen LogP) is 3.46. The van der Waals surface area contributed by atoms with Crippen molar-refractivity contribution in [2.24, 2.45) is 5.92 Å². The van der Waals surface area contributed by atoms with Crippen LogP contribution in [0.5, 0.6) is 0 Å². The fourth-order valence-corrected chi connectivity index (χ4v) is 3.57. The van der Waals surface area contributed by atoms with Gasteiger partial charge in [-0.2, -0.15) is 0 Å². The molecule has 0 saturated carbocycles. The monoisotopic (exact) mass is 354 g/mol. The molecule has 118 valence electrons. The minimum absolute atomic E-state index is 0.439. The summed E-state index contributed by atoms with van der Waals surface area (Å²) in [6, 6.07) is 9.09. The Labute approximate surface area is 137 Å².